The smallest absolute Gasteiger partial charge is 0.278 e. The van der Waals surface area contributed by atoms with Crippen molar-refractivity contribution in [3.63, 3.8) is 0 Å². The number of rotatable bonds is 7. The van der Waals surface area contributed by atoms with Gasteiger partial charge in [-0.2, -0.15) is 0 Å². The average Bonchev–Trinajstić information content (AvgIpc) is 2.46. The third-order valence-corrected chi connectivity index (χ3v) is 3.41. The van der Waals surface area contributed by atoms with Crippen LogP contribution in [0.5, 0.6) is 11.5 Å². The normalized spacial score (nSPS) is 13.4. The van der Waals surface area contributed by atoms with E-state index >= 15 is 0 Å². The molecule has 2 atom stereocenters. The third kappa shape index (κ3) is 4.13. The highest BCUT2D eigenvalue weighted by molar-refractivity contribution is 5.79. The van der Waals surface area contributed by atoms with Crippen LogP contribution in [-0.4, -0.2) is 39.8 Å². The van der Waals surface area contributed by atoms with Crippen LogP contribution in [0.15, 0.2) is 18.2 Å². The Balaban J connectivity index is 2.75. The minimum atomic E-state index is -0.0944. The first-order chi connectivity index (χ1) is 9.53. The van der Waals surface area contributed by atoms with Gasteiger partial charge in [-0.3, -0.25) is 4.79 Å². The Morgan fingerprint density at radius 2 is 1.95 bits per heavy atom. The van der Waals surface area contributed by atoms with Crippen LogP contribution in [0.4, 0.5) is 0 Å². The molecule has 112 valence electrons. The number of hydrogen-bond donors (Lipinski definition) is 2. The number of carbonyl (C=O) groups is 1. The molecule has 0 aromatic heterocycles. The van der Waals surface area contributed by atoms with Gasteiger partial charge in [-0.05, 0) is 32.0 Å². The van der Waals surface area contributed by atoms with Gasteiger partial charge in [-0.25, -0.2) is 0 Å². The quantitative estimate of drug-likeness (QED) is 0.753. The van der Waals surface area contributed by atoms with Gasteiger partial charge in [0.15, 0.2) is 17.5 Å². The number of benzene rings is 1. The molecule has 1 aromatic rings. The van der Waals surface area contributed by atoms with Crippen molar-refractivity contribution in [3.05, 3.63) is 23.8 Å². The molecule has 2 N–H and O–H groups in total. The number of ether oxygens (including phenoxy) is 2. The molecule has 0 aliphatic heterocycles. The van der Waals surface area contributed by atoms with E-state index in [4.69, 9.17) is 9.47 Å². The number of carbonyl (C=O) groups excluding carboxylic acids is 1. The van der Waals surface area contributed by atoms with Gasteiger partial charge in [0.05, 0.1) is 21.3 Å². The molecule has 5 heteroatoms. The Kier molecular flexibility index (Phi) is 6.31. The first-order valence-electron chi connectivity index (χ1n) is 6.84. The summed E-state index contributed by atoms with van der Waals surface area (Å²) < 4.78 is 10.5. The summed E-state index contributed by atoms with van der Waals surface area (Å²) in [7, 11) is 5.25. The Labute approximate surface area is 120 Å². The molecule has 1 unspecified atom stereocenters. The van der Waals surface area contributed by atoms with Gasteiger partial charge < -0.3 is 19.7 Å². The molecular formula is C15H25N2O3+. The van der Waals surface area contributed by atoms with E-state index in [0.29, 0.717) is 18.0 Å². The Morgan fingerprint density at radius 1 is 1.30 bits per heavy atom. The summed E-state index contributed by atoms with van der Waals surface area (Å²) in [5.41, 5.74) is 1.11. The van der Waals surface area contributed by atoms with Crippen molar-refractivity contribution in [2.45, 2.75) is 26.4 Å². The zero-order valence-corrected chi connectivity index (χ0v) is 12.9. The SMILES string of the molecule is CCNC(=O)[C@@H](C)[NH+](C)Cc1ccc(OC)c(OC)c1. The molecule has 1 aromatic carbocycles. The number of nitrogens with one attached hydrogen (secondary N) is 2. The first kappa shape index (κ1) is 16.3. The van der Waals surface area contributed by atoms with Gasteiger partial charge in [-0.15, -0.1) is 0 Å². The second kappa shape index (κ2) is 7.75. The van der Waals surface area contributed by atoms with Gasteiger partial charge in [0.2, 0.25) is 0 Å². The van der Waals surface area contributed by atoms with Crippen LogP contribution in [0.25, 0.3) is 0 Å². The van der Waals surface area contributed by atoms with Crippen molar-refractivity contribution in [3.8, 4) is 11.5 Å². The third-order valence-electron chi connectivity index (χ3n) is 3.41. The van der Waals surface area contributed by atoms with Crippen molar-refractivity contribution in [2.24, 2.45) is 0 Å². The van der Waals surface area contributed by atoms with Crippen molar-refractivity contribution in [2.75, 3.05) is 27.8 Å². The first-order valence-corrected chi connectivity index (χ1v) is 6.84. The van der Waals surface area contributed by atoms with Crippen molar-refractivity contribution < 1.29 is 19.2 Å². The largest absolute Gasteiger partial charge is 0.493 e. The van der Waals surface area contributed by atoms with E-state index in [1.54, 1.807) is 14.2 Å². The molecule has 20 heavy (non-hydrogen) atoms. The number of hydrogen-bond acceptors (Lipinski definition) is 3. The molecule has 0 aliphatic rings. The van der Waals surface area contributed by atoms with Gasteiger partial charge in [0.1, 0.15) is 6.54 Å². The lowest BCUT2D eigenvalue weighted by atomic mass is 10.1. The molecule has 0 spiro atoms. The van der Waals surface area contributed by atoms with Crippen LogP contribution >= 0.6 is 0 Å². The zero-order valence-electron chi connectivity index (χ0n) is 12.9. The van der Waals surface area contributed by atoms with E-state index in [9.17, 15) is 4.79 Å². The lowest BCUT2D eigenvalue weighted by Gasteiger charge is -2.21. The highest BCUT2D eigenvalue weighted by atomic mass is 16.5. The molecular weight excluding hydrogens is 256 g/mol. The van der Waals surface area contributed by atoms with E-state index in [1.165, 1.54) is 0 Å². The van der Waals surface area contributed by atoms with E-state index in [0.717, 1.165) is 17.0 Å². The molecule has 0 saturated heterocycles. The molecule has 5 nitrogen and oxygen atoms in total. The van der Waals surface area contributed by atoms with Gasteiger partial charge in [0.25, 0.3) is 5.91 Å². The summed E-state index contributed by atoms with van der Waals surface area (Å²) in [6.45, 7) is 5.26. The number of likely N-dealkylation sites (N-methyl/N-ethyl adjacent to an activating group) is 2. The standard InChI is InChI=1S/C15H24N2O3/c1-6-16-15(18)11(2)17(3)10-12-7-8-13(19-4)14(9-12)20-5/h7-9,11H,6,10H2,1-5H3,(H,16,18)/p+1/t11-/m1/s1. The fraction of sp³-hybridized carbons (Fsp3) is 0.533. The van der Waals surface area contributed by atoms with E-state index in [2.05, 4.69) is 5.32 Å². The molecule has 0 bridgehead atoms. The maximum atomic E-state index is 11.8. The molecule has 0 radical (unpaired) electrons. The van der Waals surface area contributed by atoms with Crippen molar-refractivity contribution in [1.82, 2.24) is 5.32 Å². The molecule has 0 aliphatic carbocycles. The summed E-state index contributed by atoms with van der Waals surface area (Å²) in [5.74, 6) is 1.50. The van der Waals surface area contributed by atoms with E-state index < -0.39 is 0 Å². The maximum Gasteiger partial charge on any atom is 0.278 e. The van der Waals surface area contributed by atoms with Crippen LogP contribution in [-0.2, 0) is 11.3 Å². The zero-order chi connectivity index (χ0) is 15.1. The molecule has 0 heterocycles. The predicted octanol–water partition coefficient (Wildman–Crippen LogP) is 0.243. The Hall–Kier alpha value is -1.75. The minimum absolute atomic E-state index is 0.0745. The van der Waals surface area contributed by atoms with Crippen LogP contribution in [0.1, 0.15) is 19.4 Å². The number of amides is 1. The monoisotopic (exact) mass is 281 g/mol. The second-order valence-corrected chi connectivity index (χ2v) is 4.83. The predicted molar refractivity (Wildman–Crippen MR) is 78.3 cm³/mol. The van der Waals surface area contributed by atoms with E-state index in [1.807, 2.05) is 39.1 Å². The summed E-state index contributed by atoms with van der Waals surface area (Å²) in [6.07, 6.45) is 0. The summed E-state index contributed by atoms with van der Waals surface area (Å²) >= 11 is 0. The summed E-state index contributed by atoms with van der Waals surface area (Å²) in [6, 6.07) is 5.74. The Morgan fingerprint density at radius 3 is 2.50 bits per heavy atom. The Bertz CT molecular complexity index is 449. The topological polar surface area (TPSA) is 52.0 Å². The highest BCUT2D eigenvalue weighted by Gasteiger charge is 2.21. The summed E-state index contributed by atoms with van der Waals surface area (Å²) in [4.78, 5) is 12.9. The second-order valence-electron chi connectivity index (χ2n) is 4.83. The molecule has 1 amide bonds. The van der Waals surface area contributed by atoms with Crippen molar-refractivity contribution in [1.29, 1.82) is 0 Å². The van der Waals surface area contributed by atoms with Crippen LogP contribution < -0.4 is 19.7 Å². The average molecular weight is 281 g/mol. The van der Waals surface area contributed by atoms with E-state index in [-0.39, 0.29) is 11.9 Å². The highest BCUT2D eigenvalue weighted by Crippen LogP contribution is 2.27. The fourth-order valence-electron chi connectivity index (χ4n) is 2.02. The fourth-order valence-corrected chi connectivity index (χ4v) is 2.02. The van der Waals surface area contributed by atoms with Crippen LogP contribution in [0.2, 0.25) is 0 Å². The molecule has 0 saturated carbocycles. The lowest BCUT2D eigenvalue weighted by molar-refractivity contribution is -0.908. The number of methoxy groups -OCH3 is 2. The van der Waals surface area contributed by atoms with Crippen LogP contribution in [0.3, 0.4) is 0 Å². The van der Waals surface area contributed by atoms with Gasteiger partial charge in [0, 0.05) is 12.1 Å². The van der Waals surface area contributed by atoms with Crippen molar-refractivity contribution >= 4 is 5.91 Å². The molecule has 1 rings (SSSR count). The molecule has 0 fully saturated rings. The van der Waals surface area contributed by atoms with Gasteiger partial charge in [-0.1, -0.05) is 0 Å². The van der Waals surface area contributed by atoms with Gasteiger partial charge >= 0.3 is 0 Å². The number of quaternary nitrogens is 1. The lowest BCUT2D eigenvalue weighted by Crippen LogP contribution is -3.12. The summed E-state index contributed by atoms with van der Waals surface area (Å²) in [5, 5.41) is 2.85. The van der Waals surface area contributed by atoms with Crippen LogP contribution in [0, 0.1) is 0 Å². The maximum absolute atomic E-state index is 11.8. The minimum Gasteiger partial charge on any atom is -0.493 e.